The van der Waals surface area contributed by atoms with Crippen molar-refractivity contribution >= 4 is 46.4 Å². The van der Waals surface area contributed by atoms with Crippen molar-refractivity contribution in [1.82, 2.24) is 19.9 Å². The molecule has 2 aromatic carbocycles. The molecular weight excluding hydrogens is 407 g/mol. The Morgan fingerprint density at radius 2 is 2.03 bits per heavy atom. The van der Waals surface area contributed by atoms with E-state index in [1.165, 1.54) is 12.4 Å². The molecule has 0 saturated carbocycles. The molecule has 0 radical (unpaired) electrons. The van der Waals surface area contributed by atoms with Gasteiger partial charge in [0.2, 0.25) is 5.95 Å². The van der Waals surface area contributed by atoms with E-state index in [4.69, 9.17) is 22.3 Å². The molecule has 0 amide bonds. The molecule has 0 fully saturated rings. The summed E-state index contributed by atoms with van der Waals surface area (Å²) in [5.74, 6) is 0.274. The van der Waals surface area contributed by atoms with Gasteiger partial charge in [-0.1, -0.05) is 29.8 Å². The Hall–Kier alpha value is -3.72. The van der Waals surface area contributed by atoms with Gasteiger partial charge in [0.15, 0.2) is 11.5 Å². The maximum Gasteiger partial charge on any atom is 0.224 e. The van der Waals surface area contributed by atoms with Gasteiger partial charge < -0.3 is 20.9 Å². The smallest absolute Gasteiger partial charge is 0.224 e. The molecule has 4 N–H and O–H groups in total. The van der Waals surface area contributed by atoms with E-state index in [1.807, 2.05) is 23.1 Å². The zero-order valence-electron chi connectivity index (χ0n) is 15.5. The SMILES string of the molecule is Nc1nc(NCC2N=c3cccc(F)c3=CN2c2ccccc2Cl)c2[nH]cnc2n1. The van der Waals surface area contributed by atoms with Gasteiger partial charge in [0.1, 0.15) is 17.5 Å². The molecule has 1 aliphatic rings. The van der Waals surface area contributed by atoms with E-state index in [0.717, 1.165) is 5.69 Å². The van der Waals surface area contributed by atoms with Crippen LogP contribution in [0.5, 0.6) is 0 Å². The van der Waals surface area contributed by atoms with Crippen LogP contribution in [0.1, 0.15) is 0 Å². The third kappa shape index (κ3) is 3.18. The summed E-state index contributed by atoms with van der Waals surface area (Å²) in [7, 11) is 0. The molecule has 2 aromatic heterocycles. The number of hydrogen-bond donors (Lipinski definition) is 3. The monoisotopic (exact) mass is 422 g/mol. The van der Waals surface area contributed by atoms with Crippen molar-refractivity contribution < 1.29 is 4.39 Å². The molecule has 4 aromatic rings. The van der Waals surface area contributed by atoms with Crippen LogP contribution in [0.25, 0.3) is 17.4 Å². The fourth-order valence-corrected chi connectivity index (χ4v) is 3.65. The minimum atomic E-state index is -0.409. The summed E-state index contributed by atoms with van der Waals surface area (Å²) in [5.41, 5.74) is 7.62. The molecule has 150 valence electrons. The standard InChI is InChI=1S/C20H16ClFN8/c21-12-4-1-2-7-15(12)30-9-11-13(22)5-3-6-14(11)27-16(30)8-24-18-17-19(26-10-25-17)29-20(23)28-18/h1-7,9-10,16H,8H2,(H4,23,24,25,26,28,29). The highest BCUT2D eigenvalue weighted by Crippen LogP contribution is 2.28. The number of nitrogens with one attached hydrogen (secondary N) is 2. The van der Waals surface area contributed by atoms with Crippen LogP contribution in [0.3, 0.4) is 0 Å². The minimum Gasteiger partial charge on any atom is -0.368 e. The predicted molar refractivity (Wildman–Crippen MR) is 114 cm³/mol. The number of para-hydroxylation sites is 1. The lowest BCUT2D eigenvalue weighted by atomic mass is 10.2. The predicted octanol–water partition coefficient (Wildman–Crippen LogP) is 2.04. The van der Waals surface area contributed by atoms with Gasteiger partial charge in [-0.2, -0.15) is 9.97 Å². The van der Waals surface area contributed by atoms with E-state index >= 15 is 0 Å². The number of benzene rings is 2. The van der Waals surface area contributed by atoms with Gasteiger partial charge in [-0.15, -0.1) is 0 Å². The van der Waals surface area contributed by atoms with Crippen LogP contribution < -0.4 is 26.5 Å². The number of rotatable bonds is 4. The molecule has 0 bridgehead atoms. The van der Waals surface area contributed by atoms with Crippen molar-refractivity contribution in [2.45, 2.75) is 6.17 Å². The summed E-state index contributed by atoms with van der Waals surface area (Å²) in [6, 6.07) is 12.2. The van der Waals surface area contributed by atoms with Gasteiger partial charge in [-0.05, 0) is 24.3 Å². The second-order valence-electron chi connectivity index (χ2n) is 6.68. The van der Waals surface area contributed by atoms with Crippen molar-refractivity contribution in [2.24, 2.45) is 4.99 Å². The fraction of sp³-hybridized carbons (Fsp3) is 0.100. The molecule has 0 aliphatic carbocycles. The van der Waals surface area contributed by atoms with Crippen molar-refractivity contribution in [3.8, 4) is 0 Å². The van der Waals surface area contributed by atoms with Crippen LogP contribution in [0.4, 0.5) is 21.8 Å². The highest BCUT2D eigenvalue weighted by Gasteiger charge is 2.22. The largest absolute Gasteiger partial charge is 0.368 e. The summed E-state index contributed by atoms with van der Waals surface area (Å²) >= 11 is 6.42. The quantitative estimate of drug-likeness (QED) is 0.464. The molecular formula is C20H16ClFN8. The Balaban J connectivity index is 1.56. The first-order chi connectivity index (χ1) is 14.6. The number of fused-ring (bicyclic) bond motifs is 2. The van der Waals surface area contributed by atoms with E-state index in [-0.39, 0.29) is 11.8 Å². The van der Waals surface area contributed by atoms with Crippen LogP contribution in [-0.4, -0.2) is 32.6 Å². The Bertz CT molecular complexity index is 1370. The summed E-state index contributed by atoms with van der Waals surface area (Å²) < 4.78 is 14.4. The van der Waals surface area contributed by atoms with Crippen molar-refractivity contribution in [3.63, 3.8) is 0 Å². The highest BCUT2D eigenvalue weighted by atomic mass is 35.5. The van der Waals surface area contributed by atoms with Crippen LogP contribution in [0.2, 0.25) is 5.02 Å². The zero-order chi connectivity index (χ0) is 20.7. The highest BCUT2D eigenvalue weighted by molar-refractivity contribution is 6.33. The fourth-order valence-electron chi connectivity index (χ4n) is 3.42. The number of nitrogens with two attached hydrogens (primary N) is 1. The molecule has 1 unspecified atom stereocenters. The van der Waals surface area contributed by atoms with Crippen LogP contribution in [-0.2, 0) is 0 Å². The van der Waals surface area contributed by atoms with E-state index in [9.17, 15) is 4.39 Å². The van der Waals surface area contributed by atoms with Gasteiger partial charge in [0.05, 0.1) is 34.2 Å². The van der Waals surface area contributed by atoms with Gasteiger partial charge in [0, 0.05) is 6.20 Å². The third-order valence-corrected chi connectivity index (χ3v) is 5.11. The number of aromatic nitrogens is 4. The third-order valence-electron chi connectivity index (χ3n) is 4.79. The van der Waals surface area contributed by atoms with Crippen molar-refractivity contribution in [3.05, 3.63) is 70.2 Å². The van der Waals surface area contributed by atoms with Gasteiger partial charge >= 0.3 is 0 Å². The molecule has 1 atom stereocenters. The van der Waals surface area contributed by atoms with E-state index in [1.54, 1.807) is 24.4 Å². The number of imidazole rings is 1. The molecule has 8 nitrogen and oxygen atoms in total. The van der Waals surface area contributed by atoms with Crippen molar-refractivity contribution in [2.75, 3.05) is 22.5 Å². The Morgan fingerprint density at radius 1 is 1.17 bits per heavy atom. The Morgan fingerprint density at radius 3 is 2.90 bits per heavy atom. The zero-order valence-corrected chi connectivity index (χ0v) is 16.3. The first-order valence-corrected chi connectivity index (χ1v) is 9.55. The molecule has 10 heteroatoms. The van der Waals surface area contributed by atoms with Crippen LogP contribution >= 0.6 is 11.6 Å². The maximum atomic E-state index is 14.4. The summed E-state index contributed by atoms with van der Waals surface area (Å²) in [5, 5.41) is 4.77. The lowest BCUT2D eigenvalue weighted by molar-refractivity contribution is 0.606. The van der Waals surface area contributed by atoms with Gasteiger partial charge in [-0.25, -0.2) is 9.37 Å². The lowest BCUT2D eigenvalue weighted by Gasteiger charge is -2.31. The van der Waals surface area contributed by atoms with E-state index < -0.39 is 6.17 Å². The number of hydrogen-bond acceptors (Lipinski definition) is 7. The average molecular weight is 423 g/mol. The number of halogens is 2. The molecule has 30 heavy (non-hydrogen) atoms. The molecule has 3 heterocycles. The van der Waals surface area contributed by atoms with Gasteiger partial charge in [0.25, 0.3) is 0 Å². The summed E-state index contributed by atoms with van der Waals surface area (Å²) in [4.78, 5) is 22.1. The lowest BCUT2D eigenvalue weighted by Crippen LogP contribution is -2.46. The van der Waals surface area contributed by atoms with Crippen LogP contribution in [0, 0.1) is 5.82 Å². The Labute approximate surface area is 175 Å². The molecule has 0 saturated heterocycles. The van der Waals surface area contributed by atoms with E-state index in [2.05, 4.69) is 25.3 Å². The summed E-state index contributed by atoms with van der Waals surface area (Å²) in [6.07, 6.45) is 2.84. The van der Waals surface area contributed by atoms with Crippen molar-refractivity contribution in [1.29, 1.82) is 0 Å². The van der Waals surface area contributed by atoms with Gasteiger partial charge in [-0.3, -0.25) is 4.99 Å². The van der Waals surface area contributed by atoms with E-state index in [0.29, 0.717) is 39.1 Å². The first kappa shape index (κ1) is 18.3. The van der Waals surface area contributed by atoms with Crippen LogP contribution in [0.15, 0.2) is 53.8 Å². The Kier molecular flexibility index (Phi) is 4.44. The number of aromatic amines is 1. The second-order valence-corrected chi connectivity index (χ2v) is 7.09. The number of H-pyrrole nitrogens is 1. The number of nitrogen functional groups attached to an aromatic ring is 1. The summed E-state index contributed by atoms with van der Waals surface area (Å²) in [6.45, 7) is 0.349. The normalized spacial score (nSPS) is 15.4. The topological polar surface area (TPSA) is 108 Å². The molecule has 5 rings (SSSR count). The minimum absolute atomic E-state index is 0.111. The maximum absolute atomic E-state index is 14.4. The number of anilines is 3. The first-order valence-electron chi connectivity index (χ1n) is 9.18. The average Bonchev–Trinajstić information content (AvgIpc) is 3.21. The molecule has 0 spiro atoms. The molecule has 1 aliphatic heterocycles. The second kappa shape index (κ2) is 7.27. The number of nitrogens with zero attached hydrogens (tertiary/aromatic N) is 5.